The third-order valence-electron chi connectivity index (χ3n) is 4.26. The molecule has 3 rings (SSSR count). The van der Waals surface area contributed by atoms with Gasteiger partial charge >= 0.3 is 0 Å². The van der Waals surface area contributed by atoms with Crippen molar-refractivity contribution in [3.8, 4) is 0 Å². The molecular weight excluding hydrogens is 324 g/mol. The molecule has 0 aliphatic heterocycles. The highest BCUT2D eigenvalue weighted by Gasteiger charge is 2.19. The average Bonchev–Trinajstić information content (AvgIpc) is 2.68. The van der Waals surface area contributed by atoms with Crippen molar-refractivity contribution in [1.82, 2.24) is 10.3 Å². The Kier molecular flexibility index (Phi) is 5.23. The van der Waals surface area contributed by atoms with Crippen LogP contribution in [0.15, 0.2) is 67.0 Å². The van der Waals surface area contributed by atoms with Crippen LogP contribution in [0.4, 0.5) is 0 Å². The van der Waals surface area contributed by atoms with Crippen molar-refractivity contribution >= 4 is 11.7 Å². The second kappa shape index (κ2) is 7.74. The molecule has 0 unspecified atom stereocenters. The Morgan fingerprint density at radius 3 is 2.31 bits per heavy atom. The van der Waals surface area contributed by atoms with Crippen molar-refractivity contribution in [1.29, 1.82) is 0 Å². The molecule has 130 valence electrons. The highest BCUT2D eigenvalue weighted by Crippen LogP contribution is 2.19. The normalized spacial score (nSPS) is 10.4. The Labute approximate surface area is 152 Å². The topological polar surface area (TPSA) is 59.1 Å². The van der Waals surface area contributed by atoms with Gasteiger partial charge in [0.25, 0.3) is 5.91 Å². The summed E-state index contributed by atoms with van der Waals surface area (Å²) in [6, 6.07) is 16.4. The summed E-state index contributed by atoms with van der Waals surface area (Å²) in [6.45, 7) is 4.23. The van der Waals surface area contributed by atoms with Crippen LogP contribution in [0.5, 0.6) is 0 Å². The van der Waals surface area contributed by atoms with Crippen LogP contribution < -0.4 is 5.32 Å². The van der Waals surface area contributed by atoms with Crippen molar-refractivity contribution in [3.05, 3.63) is 100 Å². The van der Waals surface area contributed by atoms with Crippen molar-refractivity contribution in [3.63, 3.8) is 0 Å². The first-order valence-corrected chi connectivity index (χ1v) is 8.44. The number of hydrogen-bond acceptors (Lipinski definition) is 3. The minimum absolute atomic E-state index is 0.138. The number of nitrogens with zero attached hydrogens (tertiary/aromatic N) is 1. The summed E-state index contributed by atoms with van der Waals surface area (Å²) in [4.78, 5) is 29.6. The lowest BCUT2D eigenvalue weighted by Crippen LogP contribution is -2.25. The quantitative estimate of drug-likeness (QED) is 0.715. The maximum Gasteiger partial charge on any atom is 0.252 e. The number of carbonyl (C=O) groups excluding carboxylic acids is 2. The van der Waals surface area contributed by atoms with Crippen LogP contribution in [0.2, 0.25) is 0 Å². The van der Waals surface area contributed by atoms with Gasteiger partial charge in [-0.15, -0.1) is 0 Å². The lowest BCUT2D eigenvalue weighted by atomic mass is 9.94. The highest BCUT2D eigenvalue weighted by atomic mass is 16.2. The first-order valence-electron chi connectivity index (χ1n) is 8.44. The molecule has 1 heterocycles. The first-order chi connectivity index (χ1) is 12.6. The minimum atomic E-state index is -0.268. The van der Waals surface area contributed by atoms with Gasteiger partial charge in [-0.1, -0.05) is 35.9 Å². The number of ketones is 1. The minimum Gasteiger partial charge on any atom is -0.348 e. The molecule has 0 aliphatic carbocycles. The Hall–Kier alpha value is -3.27. The van der Waals surface area contributed by atoms with Crippen molar-refractivity contribution in [2.24, 2.45) is 0 Å². The Bertz CT molecular complexity index is 949. The number of amides is 1. The molecule has 0 spiro atoms. The van der Waals surface area contributed by atoms with E-state index in [1.54, 1.807) is 36.7 Å². The number of nitrogens with one attached hydrogen (secondary N) is 1. The second-order valence-electron chi connectivity index (χ2n) is 6.23. The zero-order valence-electron chi connectivity index (χ0n) is 14.8. The van der Waals surface area contributed by atoms with E-state index < -0.39 is 0 Å². The van der Waals surface area contributed by atoms with Crippen LogP contribution in [0.3, 0.4) is 0 Å². The van der Waals surface area contributed by atoms with E-state index in [1.807, 2.05) is 44.2 Å². The standard InChI is InChI=1S/C22H20N2O2/c1-15-7-8-16(2)20(13-15)21(25)18-5-3-4-6-19(18)22(26)24-14-17-9-11-23-12-10-17/h3-13H,14H2,1-2H3,(H,24,26). The molecule has 0 aliphatic rings. The van der Waals surface area contributed by atoms with Crippen molar-refractivity contribution in [2.75, 3.05) is 0 Å². The van der Waals surface area contributed by atoms with E-state index in [0.717, 1.165) is 16.7 Å². The fourth-order valence-electron chi connectivity index (χ4n) is 2.78. The smallest absolute Gasteiger partial charge is 0.252 e. The largest absolute Gasteiger partial charge is 0.348 e. The van der Waals surface area contributed by atoms with E-state index in [9.17, 15) is 9.59 Å². The molecule has 26 heavy (non-hydrogen) atoms. The molecule has 2 aromatic carbocycles. The van der Waals surface area contributed by atoms with E-state index in [-0.39, 0.29) is 11.7 Å². The van der Waals surface area contributed by atoms with Gasteiger partial charge < -0.3 is 5.32 Å². The highest BCUT2D eigenvalue weighted by molar-refractivity contribution is 6.15. The van der Waals surface area contributed by atoms with Crippen LogP contribution in [0.1, 0.15) is 43.0 Å². The summed E-state index contributed by atoms with van der Waals surface area (Å²) in [7, 11) is 0. The fourth-order valence-corrected chi connectivity index (χ4v) is 2.78. The molecule has 1 amide bonds. The summed E-state index contributed by atoms with van der Waals surface area (Å²) in [5.74, 6) is -0.406. The van der Waals surface area contributed by atoms with E-state index in [4.69, 9.17) is 0 Å². The SMILES string of the molecule is Cc1ccc(C)c(C(=O)c2ccccc2C(=O)NCc2ccncc2)c1. The average molecular weight is 344 g/mol. The molecule has 0 atom stereocenters. The van der Waals surface area contributed by atoms with Crippen LogP contribution >= 0.6 is 0 Å². The number of carbonyl (C=O) groups is 2. The van der Waals surface area contributed by atoms with E-state index in [2.05, 4.69) is 10.3 Å². The van der Waals surface area contributed by atoms with E-state index in [1.165, 1.54) is 0 Å². The molecule has 4 nitrogen and oxygen atoms in total. The molecule has 3 aromatic rings. The van der Waals surface area contributed by atoms with Gasteiger partial charge in [-0.3, -0.25) is 14.6 Å². The summed E-state index contributed by atoms with van der Waals surface area (Å²) >= 11 is 0. The molecule has 4 heteroatoms. The van der Waals surface area contributed by atoms with Crippen LogP contribution in [-0.2, 0) is 6.54 Å². The molecule has 0 fully saturated rings. The third-order valence-corrected chi connectivity index (χ3v) is 4.26. The first kappa shape index (κ1) is 17.5. The number of hydrogen-bond donors (Lipinski definition) is 1. The van der Waals surface area contributed by atoms with Gasteiger partial charge in [0, 0.05) is 30.1 Å². The van der Waals surface area contributed by atoms with Gasteiger partial charge in [-0.25, -0.2) is 0 Å². The van der Waals surface area contributed by atoms with Gasteiger partial charge in [0.05, 0.1) is 5.56 Å². The predicted molar refractivity (Wildman–Crippen MR) is 101 cm³/mol. The maximum absolute atomic E-state index is 13.0. The Balaban J connectivity index is 1.87. The summed E-state index contributed by atoms with van der Waals surface area (Å²) in [6.07, 6.45) is 3.36. The number of aromatic nitrogens is 1. The zero-order chi connectivity index (χ0) is 18.5. The monoisotopic (exact) mass is 344 g/mol. The number of pyridine rings is 1. The Morgan fingerprint density at radius 1 is 0.885 bits per heavy atom. The van der Waals surface area contributed by atoms with Gasteiger partial charge in [0.1, 0.15) is 0 Å². The van der Waals surface area contributed by atoms with Gasteiger partial charge in [-0.05, 0) is 49.2 Å². The molecule has 0 bridgehead atoms. The number of aryl methyl sites for hydroxylation is 2. The summed E-state index contributed by atoms with van der Waals surface area (Å²) in [5.41, 5.74) is 4.28. The maximum atomic E-state index is 13.0. The van der Waals surface area contributed by atoms with Crippen LogP contribution in [-0.4, -0.2) is 16.7 Å². The predicted octanol–water partition coefficient (Wildman–Crippen LogP) is 3.86. The lowest BCUT2D eigenvalue weighted by molar-refractivity contribution is 0.0939. The van der Waals surface area contributed by atoms with E-state index >= 15 is 0 Å². The Morgan fingerprint density at radius 2 is 1.58 bits per heavy atom. The molecule has 0 saturated heterocycles. The number of rotatable bonds is 5. The second-order valence-corrected chi connectivity index (χ2v) is 6.23. The van der Waals surface area contributed by atoms with Crippen LogP contribution in [0.25, 0.3) is 0 Å². The van der Waals surface area contributed by atoms with Crippen molar-refractivity contribution in [2.45, 2.75) is 20.4 Å². The molecule has 0 radical (unpaired) electrons. The molecule has 1 aromatic heterocycles. The summed E-state index contributed by atoms with van der Waals surface area (Å²) < 4.78 is 0. The van der Waals surface area contributed by atoms with Gasteiger partial charge in [-0.2, -0.15) is 0 Å². The third kappa shape index (κ3) is 3.86. The summed E-state index contributed by atoms with van der Waals surface area (Å²) in [5, 5.41) is 2.87. The van der Waals surface area contributed by atoms with Crippen molar-refractivity contribution < 1.29 is 9.59 Å². The van der Waals surface area contributed by atoms with Gasteiger partial charge in [0.15, 0.2) is 5.78 Å². The van der Waals surface area contributed by atoms with Gasteiger partial charge in [0.2, 0.25) is 0 Å². The molecular formula is C22H20N2O2. The molecule has 1 N–H and O–H groups in total. The lowest BCUT2D eigenvalue weighted by Gasteiger charge is -2.11. The van der Waals surface area contributed by atoms with Crippen LogP contribution in [0, 0.1) is 13.8 Å². The fraction of sp³-hybridized carbons (Fsp3) is 0.136. The zero-order valence-corrected chi connectivity index (χ0v) is 14.8. The number of benzene rings is 2. The van der Waals surface area contributed by atoms with E-state index in [0.29, 0.717) is 23.2 Å². The molecule has 0 saturated carbocycles.